The van der Waals surface area contributed by atoms with Gasteiger partial charge in [-0.1, -0.05) is 30.3 Å². The van der Waals surface area contributed by atoms with E-state index >= 15 is 0 Å². The molecule has 0 bridgehead atoms. The van der Waals surface area contributed by atoms with E-state index in [1.165, 1.54) is 5.56 Å². The van der Waals surface area contributed by atoms with Crippen molar-refractivity contribution in [2.24, 2.45) is 0 Å². The van der Waals surface area contributed by atoms with Gasteiger partial charge in [0.05, 0.1) is 17.9 Å². The zero-order valence-electron chi connectivity index (χ0n) is 9.71. The molecule has 1 unspecified atom stereocenters. The van der Waals surface area contributed by atoms with Gasteiger partial charge in [-0.3, -0.25) is 0 Å². The molecule has 0 aliphatic carbocycles. The molecule has 0 saturated heterocycles. The summed E-state index contributed by atoms with van der Waals surface area (Å²) in [5, 5.41) is 0. The number of hydrogen-bond donors (Lipinski definition) is 0. The standard InChI is InChI=1S/C13H15ClN2O/c1-17-13(7-11-5-3-2-4-6-11)16-10-15-9-12(16)8-14/h2-6,9-10,13H,7-8H2,1H3. The summed E-state index contributed by atoms with van der Waals surface area (Å²) in [5.74, 6) is 0.439. The molecule has 4 heteroatoms. The van der Waals surface area contributed by atoms with Crippen LogP contribution in [0.15, 0.2) is 42.9 Å². The zero-order valence-corrected chi connectivity index (χ0v) is 10.5. The van der Waals surface area contributed by atoms with E-state index in [0.717, 1.165) is 12.1 Å². The maximum Gasteiger partial charge on any atom is 0.138 e. The Kier molecular flexibility index (Phi) is 4.18. The largest absolute Gasteiger partial charge is 0.361 e. The summed E-state index contributed by atoms with van der Waals surface area (Å²) in [5.41, 5.74) is 2.20. The Morgan fingerprint density at radius 1 is 1.35 bits per heavy atom. The van der Waals surface area contributed by atoms with E-state index in [2.05, 4.69) is 17.1 Å². The van der Waals surface area contributed by atoms with Crippen LogP contribution in [-0.2, 0) is 17.0 Å². The highest BCUT2D eigenvalue weighted by molar-refractivity contribution is 6.16. The second kappa shape index (κ2) is 5.84. The summed E-state index contributed by atoms with van der Waals surface area (Å²) in [6.07, 6.45) is 4.27. The molecule has 17 heavy (non-hydrogen) atoms. The van der Waals surface area contributed by atoms with Gasteiger partial charge in [0.2, 0.25) is 0 Å². The van der Waals surface area contributed by atoms with Crippen molar-refractivity contribution < 1.29 is 4.74 Å². The molecule has 0 aliphatic rings. The number of nitrogens with zero attached hydrogens (tertiary/aromatic N) is 2. The van der Waals surface area contributed by atoms with E-state index in [9.17, 15) is 0 Å². The molecule has 0 aliphatic heterocycles. The molecule has 2 aromatic rings. The molecule has 0 saturated carbocycles. The molecule has 0 fully saturated rings. The van der Waals surface area contributed by atoms with Gasteiger partial charge in [-0.25, -0.2) is 4.98 Å². The van der Waals surface area contributed by atoms with Crippen LogP contribution in [0.25, 0.3) is 0 Å². The maximum atomic E-state index is 5.86. The number of ether oxygens (including phenoxy) is 1. The first-order valence-electron chi connectivity index (χ1n) is 5.48. The van der Waals surface area contributed by atoms with Crippen LogP contribution in [0.4, 0.5) is 0 Å². The minimum atomic E-state index is -0.0614. The molecule has 1 aromatic heterocycles. The number of hydrogen-bond acceptors (Lipinski definition) is 2. The summed E-state index contributed by atoms with van der Waals surface area (Å²) in [4.78, 5) is 4.10. The van der Waals surface area contributed by atoms with Gasteiger partial charge >= 0.3 is 0 Å². The minimum Gasteiger partial charge on any atom is -0.361 e. The van der Waals surface area contributed by atoms with Crippen LogP contribution < -0.4 is 0 Å². The Bertz CT molecular complexity index is 455. The number of benzene rings is 1. The van der Waals surface area contributed by atoms with Gasteiger partial charge in [0.1, 0.15) is 6.23 Å². The summed E-state index contributed by atoms with van der Waals surface area (Å²) in [6, 6.07) is 10.2. The molecular formula is C13H15ClN2O. The number of alkyl halides is 1. The second-order valence-corrected chi connectivity index (χ2v) is 4.07. The van der Waals surface area contributed by atoms with E-state index < -0.39 is 0 Å². The molecule has 1 heterocycles. The van der Waals surface area contributed by atoms with Crippen LogP contribution in [-0.4, -0.2) is 16.7 Å². The van der Waals surface area contributed by atoms with E-state index in [0.29, 0.717) is 5.88 Å². The number of imidazole rings is 1. The third-order valence-corrected chi connectivity index (χ3v) is 2.99. The van der Waals surface area contributed by atoms with Crippen LogP contribution in [0.5, 0.6) is 0 Å². The first kappa shape index (κ1) is 12.1. The highest BCUT2D eigenvalue weighted by Crippen LogP contribution is 2.18. The molecule has 0 spiro atoms. The van der Waals surface area contributed by atoms with Crippen LogP contribution >= 0.6 is 11.6 Å². The Hall–Kier alpha value is -1.32. The Balaban J connectivity index is 2.17. The molecule has 3 nitrogen and oxygen atoms in total. The fourth-order valence-corrected chi connectivity index (χ4v) is 2.01. The molecule has 0 radical (unpaired) electrons. The third-order valence-electron chi connectivity index (χ3n) is 2.72. The molecule has 0 N–H and O–H groups in total. The highest BCUT2D eigenvalue weighted by atomic mass is 35.5. The summed E-state index contributed by atoms with van der Waals surface area (Å²) >= 11 is 5.86. The average Bonchev–Trinajstić information content (AvgIpc) is 2.85. The quantitative estimate of drug-likeness (QED) is 0.763. The van der Waals surface area contributed by atoms with Crippen molar-refractivity contribution in [2.45, 2.75) is 18.5 Å². The summed E-state index contributed by atoms with van der Waals surface area (Å²) < 4.78 is 7.48. The zero-order chi connectivity index (χ0) is 12.1. The van der Waals surface area contributed by atoms with Gasteiger partial charge < -0.3 is 9.30 Å². The van der Waals surface area contributed by atoms with Gasteiger partial charge in [0.15, 0.2) is 0 Å². The number of halogens is 1. The van der Waals surface area contributed by atoms with E-state index in [1.54, 1.807) is 19.6 Å². The van der Waals surface area contributed by atoms with Crippen molar-refractivity contribution in [1.29, 1.82) is 0 Å². The fourth-order valence-electron chi connectivity index (χ4n) is 1.81. The number of aromatic nitrogens is 2. The Morgan fingerprint density at radius 2 is 2.12 bits per heavy atom. The lowest BCUT2D eigenvalue weighted by molar-refractivity contribution is 0.0428. The lowest BCUT2D eigenvalue weighted by Crippen LogP contribution is -2.15. The normalized spacial score (nSPS) is 12.6. The molecule has 0 amide bonds. The van der Waals surface area contributed by atoms with Crippen molar-refractivity contribution >= 4 is 11.6 Å². The Labute approximate surface area is 106 Å². The van der Waals surface area contributed by atoms with Crippen molar-refractivity contribution in [2.75, 3.05) is 7.11 Å². The van der Waals surface area contributed by atoms with Crippen LogP contribution in [0.2, 0.25) is 0 Å². The van der Waals surface area contributed by atoms with Gasteiger partial charge in [0.25, 0.3) is 0 Å². The highest BCUT2D eigenvalue weighted by Gasteiger charge is 2.13. The average molecular weight is 251 g/mol. The lowest BCUT2D eigenvalue weighted by atomic mass is 10.1. The van der Waals surface area contributed by atoms with E-state index in [-0.39, 0.29) is 6.23 Å². The molecular weight excluding hydrogens is 236 g/mol. The molecule has 2 rings (SSSR count). The van der Waals surface area contributed by atoms with E-state index in [4.69, 9.17) is 16.3 Å². The van der Waals surface area contributed by atoms with Crippen LogP contribution in [0.1, 0.15) is 17.5 Å². The second-order valence-electron chi connectivity index (χ2n) is 3.81. The predicted octanol–water partition coefficient (Wildman–Crippen LogP) is 3.01. The van der Waals surface area contributed by atoms with Crippen molar-refractivity contribution in [3.63, 3.8) is 0 Å². The number of rotatable bonds is 5. The Morgan fingerprint density at radius 3 is 2.76 bits per heavy atom. The van der Waals surface area contributed by atoms with Crippen molar-refractivity contribution in [3.05, 3.63) is 54.1 Å². The molecule has 90 valence electrons. The van der Waals surface area contributed by atoms with Crippen molar-refractivity contribution in [3.8, 4) is 0 Å². The third kappa shape index (κ3) is 2.87. The SMILES string of the molecule is COC(Cc1ccccc1)n1cncc1CCl. The summed E-state index contributed by atoms with van der Waals surface area (Å²) in [7, 11) is 1.70. The van der Waals surface area contributed by atoms with Crippen LogP contribution in [0, 0.1) is 0 Å². The molecule has 1 aromatic carbocycles. The first-order valence-corrected chi connectivity index (χ1v) is 6.02. The lowest BCUT2D eigenvalue weighted by Gasteiger charge is -2.19. The molecule has 1 atom stereocenters. The predicted molar refractivity (Wildman–Crippen MR) is 68.0 cm³/mol. The topological polar surface area (TPSA) is 27.1 Å². The maximum absolute atomic E-state index is 5.86. The van der Waals surface area contributed by atoms with Gasteiger partial charge in [0, 0.05) is 19.7 Å². The fraction of sp³-hybridized carbons (Fsp3) is 0.308. The number of methoxy groups -OCH3 is 1. The monoisotopic (exact) mass is 250 g/mol. The first-order chi connectivity index (χ1) is 8.35. The minimum absolute atomic E-state index is 0.0614. The van der Waals surface area contributed by atoms with Gasteiger partial charge in [-0.2, -0.15) is 0 Å². The smallest absolute Gasteiger partial charge is 0.138 e. The van der Waals surface area contributed by atoms with Crippen LogP contribution in [0.3, 0.4) is 0 Å². The van der Waals surface area contributed by atoms with Crippen molar-refractivity contribution in [1.82, 2.24) is 9.55 Å². The van der Waals surface area contributed by atoms with Gasteiger partial charge in [-0.05, 0) is 5.56 Å². The summed E-state index contributed by atoms with van der Waals surface area (Å²) in [6.45, 7) is 0. The van der Waals surface area contributed by atoms with Gasteiger partial charge in [-0.15, -0.1) is 11.6 Å². The van der Waals surface area contributed by atoms with E-state index in [1.807, 2.05) is 22.8 Å².